The van der Waals surface area contributed by atoms with Gasteiger partial charge in [-0.3, -0.25) is 4.79 Å². The van der Waals surface area contributed by atoms with Crippen molar-refractivity contribution in [3.63, 3.8) is 0 Å². The molecule has 0 unspecified atom stereocenters. The predicted octanol–water partition coefficient (Wildman–Crippen LogP) is 4.56. The number of nitrogens with two attached hydrogens (primary N) is 1. The average molecular weight is 394 g/mol. The topological polar surface area (TPSA) is 45.7 Å². The summed E-state index contributed by atoms with van der Waals surface area (Å²) < 4.78 is 0. The lowest BCUT2D eigenvalue weighted by atomic mass is 9.98. The van der Waals surface area contributed by atoms with Gasteiger partial charge in [-0.05, 0) is 38.0 Å². The lowest BCUT2D eigenvalue weighted by Gasteiger charge is -2.17. The molecule has 0 fully saturated rings. The first-order chi connectivity index (χ1) is 13.4. The van der Waals surface area contributed by atoms with Gasteiger partial charge < -0.3 is 10.6 Å². The third kappa shape index (κ3) is 5.00. The largest absolute Gasteiger partial charge is 0.328 e. The summed E-state index contributed by atoms with van der Waals surface area (Å²) in [7, 11) is 0. The Morgan fingerprint density at radius 3 is 2.21 bits per heavy atom. The first-order valence-corrected chi connectivity index (χ1v) is 9.83. The number of halogens is 1. The highest BCUT2D eigenvalue weighted by Crippen LogP contribution is 2.27. The maximum atomic E-state index is 12.6. The van der Waals surface area contributed by atoms with E-state index in [4.69, 9.17) is 11.6 Å². The SMILES string of the molecule is Cc1ccc([C@H]([NH2+]CC(=O)Nc2c(C)cc(C)cc2Cl)c2ccccc2)cc1. The molecule has 0 bridgehead atoms. The zero-order chi connectivity index (χ0) is 20.1. The van der Waals surface area contributed by atoms with E-state index in [2.05, 4.69) is 54.0 Å². The Hall–Kier alpha value is -2.62. The van der Waals surface area contributed by atoms with E-state index in [1.807, 2.05) is 44.2 Å². The van der Waals surface area contributed by atoms with Crippen LogP contribution in [0.3, 0.4) is 0 Å². The van der Waals surface area contributed by atoms with E-state index < -0.39 is 0 Å². The van der Waals surface area contributed by atoms with Crippen LogP contribution in [0.2, 0.25) is 5.02 Å². The van der Waals surface area contributed by atoms with Crippen LogP contribution in [0, 0.1) is 20.8 Å². The second-order valence-electron chi connectivity index (χ2n) is 7.23. The molecule has 28 heavy (non-hydrogen) atoms. The Bertz CT molecular complexity index is 929. The summed E-state index contributed by atoms with van der Waals surface area (Å²) in [6.45, 7) is 6.32. The monoisotopic (exact) mass is 393 g/mol. The van der Waals surface area contributed by atoms with Gasteiger partial charge in [-0.2, -0.15) is 0 Å². The van der Waals surface area contributed by atoms with E-state index in [-0.39, 0.29) is 11.9 Å². The summed E-state index contributed by atoms with van der Waals surface area (Å²) in [4.78, 5) is 12.6. The molecular weight excluding hydrogens is 368 g/mol. The molecule has 4 heteroatoms. The first-order valence-electron chi connectivity index (χ1n) is 9.45. The lowest BCUT2D eigenvalue weighted by molar-refractivity contribution is -0.676. The number of carbonyl (C=O) groups is 1. The molecule has 0 aliphatic carbocycles. The van der Waals surface area contributed by atoms with E-state index in [1.165, 1.54) is 16.7 Å². The van der Waals surface area contributed by atoms with Crippen LogP contribution in [0.5, 0.6) is 0 Å². The minimum atomic E-state index is -0.0677. The van der Waals surface area contributed by atoms with Crippen LogP contribution >= 0.6 is 11.6 Å². The summed E-state index contributed by atoms with van der Waals surface area (Å²) in [5, 5.41) is 5.61. The minimum absolute atomic E-state index is 0.0575. The molecule has 1 atom stereocenters. The number of nitrogens with one attached hydrogen (secondary N) is 1. The van der Waals surface area contributed by atoms with Gasteiger partial charge in [0, 0.05) is 11.1 Å². The second-order valence-corrected chi connectivity index (χ2v) is 7.63. The summed E-state index contributed by atoms with van der Waals surface area (Å²) in [5.74, 6) is -0.0677. The van der Waals surface area contributed by atoms with E-state index in [0.29, 0.717) is 17.3 Å². The van der Waals surface area contributed by atoms with Crippen molar-refractivity contribution in [3.05, 3.63) is 99.6 Å². The summed E-state index contributed by atoms with van der Waals surface area (Å²) in [6, 6.07) is 22.7. The number of anilines is 1. The number of carbonyl (C=O) groups excluding carboxylic acids is 1. The van der Waals surface area contributed by atoms with Crippen molar-refractivity contribution in [2.24, 2.45) is 0 Å². The maximum Gasteiger partial charge on any atom is 0.279 e. The van der Waals surface area contributed by atoms with Crippen LogP contribution in [0.1, 0.15) is 33.9 Å². The fraction of sp³-hybridized carbons (Fsp3) is 0.208. The molecule has 144 valence electrons. The van der Waals surface area contributed by atoms with Crippen molar-refractivity contribution in [2.45, 2.75) is 26.8 Å². The van der Waals surface area contributed by atoms with E-state index in [1.54, 1.807) is 0 Å². The van der Waals surface area contributed by atoms with Crippen LogP contribution in [0.4, 0.5) is 5.69 Å². The van der Waals surface area contributed by atoms with Crippen molar-refractivity contribution in [1.29, 1.82) is 0 Å². The maximum absolute atomic E-state index is 12.6. The molecule has 0 aromatic heterocycles. The third-order valence-electron chi connectivity index (χ3n) is 4.83. The van der Waals surface area contributed by atoms with Gasteiger partial charge in [-0.25, -0.2) is 0 Å². The summed E-state index contributed by atoms with van der Waals surface area (Å²) >= 11 is 6.32. The Kier molecular flexibility index (Phi) is 6.50. The Balaban J connectivity index is 1.75. The molecular formula is C24H26ClN2O+. The minimum Gasteiger partial charge on any atom is -0.328 e. The van der Waals surface area contributed by atoms with Crippen LogP contribution < -0.4 is 10.6 Å². The Morgan fingerprint density at radius 2 is 1.57 bits per heavy atom. The number of hydrogen-bond donors (Lipinski definition) is 2. The van der Waals surface area contributed by atoms with Crippen molar-refractivity contribution in [1.82, 2.24) is 0 Å². The van der Waals surface area contributed by atoms with Gasteiger partial charge in [0.05, 0.1) is 10.7 Å². The number of hydrogen-bond acceptors (Lipinski definition) is 1. The molecule has 0 radical (unpaired) electrons. The van der Waals surface area contributed by atoms with Gasteiger partial charge in [0.15, 0.2) is 6.54 Å². The Morgan fingerprint density at radius 1 is 0.929 bits per heavy atom. The third-order valence-corrected chi connectivity index (χ3v) is 5.13. The molecule has 0 saturated heterocycles. The van der Waals surface area contributed by atoms with Crippen LogP contribution in [-0.2, 0) is 4.79 Å². The van der Waals surface area contributed by atoms with Crippen LogP contribution in [0.25, 0.3) is 0 Å². The van der Waals surface area contributed by atoms with Crippen molar-refractivity contribution in [2.75, 3.05) is 11.9 Å². The molecule has 0 heterocycles. The van der Waals surface area contributed by atoms with E-state index in [0.717, 1.165) is 11.1 Å². The van der Waals surface area contributed by atoms with Gasteiger partial charge in [-0.15, -0.1) is 0 Å². The zero-order valence-corrected chi connectivity index (χ0v) is 17.3. The van der Waals surface area contributed by atoms with Crippen LogP contribution in [-0.4, -0.2) is 12.5 Å². The predicted molar refractivity (Wildman–Crippen MR) is 116 cm³/mol. The molecule has 0 aliphatic rings. The number of amides is 1. The number of rotatable bonds is 6. The van der Waals surface area contributed by atoms with Gasteiger partial charge in [0.2, 0.25) is 0 Å². The summed E-state index contributed by atoms with van der Waals surface area (Å²) in [6.07, 6.45) is 0. The Labute approximate surface area is 171 Å². The molecule has 0 aliphatic heterocycles. The molecule has 3 aromatic rings. The van der Waals surface area contributed by atoms with Gasteiger partial charge >= 0.3 is 0 Å². The number of benzene rings is 3. The van der Waals surface area contributed by atoms with Gasteiger partial charge in [0.1, 0.15) is 6.04 Å². The number of aryl methyl sites for hydroxylation is 3. The molecule has 3 rings (SSSR count). The molecule has 3 aromatic carbocycles. The van der Waals surface area contributed by atoms with Gasteiger partial charge in [-0.1, -0.05) is 77.8 Å². The van der Waals surface area contributed by atoms with Crippen molar-refractivity contribution < 1.29 is 10.1 Å². The lowest BCUT2D eigenvalue weighted by Crippen LogP contribution is -2.87. The molecule has 1 amide bonds. The quantitative estimate of drug-likeness (QED) is 0.633. The molecule has 0 spiro atoms. The summed E-state index contributed by atoms with van der Waals surface area (Å²) in [5.41, 5.74) is 6.31. The molecule has 3 nitrogen and oxygen atoms in total. The van der Waals surface area contributed by atoms with Crippen molar-refractivity contribution >= 4 is 23.2 Å². The molecule has 0 saturated carbocycles. The number of quaternary nitrogens is 1. The highest BCUT2D eigenvalue weighted by molar-refractivity contribution is 6.34. The standard InChI is InChI=1S/C24H25ClN2O/c1-16-9-11-20(12-10-16)24(19-7-5-4-6-8-19)26-15-22(28)27-23-18(3)13-17(2)14-21(23)25/h4-14,24,26H,15H2,1-3H3,(H,27,28)/p+1/t24-/m1/s1. The van der Waals surface area contributed by atoms with E-state index >= 15 is 0 Å². The fourth-order valence-electron chi connectivity index (χ4n) is 3.39. The highest BCUT2D eigenvalue weighted by Gasteiger charge is 2.19. The van der Waals surface area contributed by atoms with Crippen molar-refractivity contribution in [3.8, 4) is 0 Å². The normalized spacial score (nSPS) is 11.9. The van der Waals surface area contributed by atoms with Gasteiger partial charge in [0.25, 0.3) is 5.91 Å². The smallest absolute Gasteiger partial charge is 0.279 e. The second kappa shape index (κ2) is 9.05. The van der Waals surface area contributed by atoms with Crippen LogP contribution in [0.15, 0.2) is 66.7 Å². The average Bonchev–Trinajstić information content (AvgIpc) is 2.67. The van der Waals surface area contributed by atoms with E-state index in [9.17, 15) is 4.79 Å². The molecule has 3 N–H and O–H groups in total. The first kappa shape index (κ1) is 20.1. The zero-order valence-electron chi connectivity index (χ0n) is 16.5. The fourth-order valence-corrected chi connectivity index (χ4v) is 3.76. The highest BCUT2D eigenvalue weighted by atomic mass is 35.5.